The van der Waals surface area contributed by atoms with Crippen LogP contribution in [0.2, 0.25) is 0 Å². The molecular formula is C15H29NO4S. The summed E-state index contributed by atoms with van der Waals surface area (Å²) in [4.78, 5) is 2.36. The van der Waals surface area contributed by atoms with E-state index in [9.17, 15) is 13.5 Å². The standard InChI is InChI=1S/C15H29NO4S/c17-15(12-21(18,19)20)11-16(13-7-3-1-4-8-13)14-9-5-2-6-10-14/h13-15,17H,1-12H2,(H,18,19,20). The fourth-order valence-electron chi connectivity index (χ4n) is 3.96. The van der Waals surface area contributed by atoms with E-state index in [0.29, 0.717) is 18.6 Å². The second-order valence-electron chi connectivity index (χ2n) is 6.68. The van der Waals surface area contributed by atoms with Crippen molar-refractivity contribution >= 4 is 10.1 Å². The molecule has 0 aromatic rings. The molecule has 0 bridgehead atoms. The number of hydrogen-bond acceptors (Lipinski definition) is 4. The zero-order valence-electron chi connectivity index (χ0n) is 12.8. The van der Waals surface area contributed by atoms with E-state index in [1.807, 2.05) is 0 Å². The van der Waals surface area contributed by atoms with Gasteiger partial charge in [-0.25, -0.2) is 0 Å². The SMILES string of the molecule is O=S(=O)(O)CC(O)CN(C1CCCCC1)C1CCCCC1. The lowest BCUT2D eigenvalue weighted by molar-refractivity contribution is 0.0360. The lowest BCUT2D eigenvalue weighted by Gasteiger charge is -2.42. The Bertz CT molecular complexity index is 382. The van der Waals surface area contributed by atoms with Crippen LogP contribution in [0.4, 0.5) is 0 Å². The van der Waals surface area contributed by atoms with Crippen molar-refractivity contribution in [2.45, 2.75) is 82.4 Å². The van der Waals surface area contributed by atoms with Gasteiger partial charge in [0.2, 0.25) is 0 Å². The number of hydrogen-bond donors (Lipinski definition) is 2. The molecule has 1 atom stereocenters. The summed E-state index contributed by atoms with van der Waals surface area (Å²) in [6.07, 6.45) is 11.1. The van der Waals surface area contributed by atoms with Crippen LogP contribution in [0.5, 0.6) is 0 Å². The smallest absolute Gasteiger partial charge is 0.267 e. The molecule has 0 radical (unpaired) electrons. The van der Waals surface area contributed by atoms with Crippen LogP contribution < -0.4 is 0 Å². The van der Waals surface area contributed by atoms with Gasteiger partial charge in [0, 0.05) is 18.6 Å². The highest BCUT2D eigenvalue weighted by molar-refractivity contribution is 7.85. The predicted molar refractivity (Wildman–Crippen MR) is 82.9 cm³/mol. The van der Waals surface area contributed by atoms with Gasteiger partial charge in [0.15, 0.2) is 0 Å². The van der Waals surface area contributed by atoms with Crippen LogP contribution in [0.25, 0.3) is 0 Å². The van der Waals surface area contributed by atoms with E-state index >= 15 is 0 Å². The Kier molecular flexibility index (Phi) is 6.47. The summed E-state index contributed by atoms with van der Waals surface area (Å²) in [5.41, 5.74) is 0. The van der Waals surface area contributed by atoms with Crippen LogP contribution in [0.1, 0.15) is 64.2 Å². The van der Waals surface area contributed by atoms with Crippen molar-refractivity contribution in [2.24, 2.45) is 0 Å². The van der Waals surface area contributed by atoms with E-state index in [4.69, 9.17) is 4.55 Å². The molecule has 0 heterocycles. The highest BCUT2D eigenvalue weighted by atomic mass is 32.2. The van der Waals surface area contributed by atoms with Crippen LogP contribution in [0.3, 0.4) is 0 Å². The van der Waals surface area contributed by atoms with Gasteiger partial charge >= 0.3 is 0 Å². The normalized spacial score (nSPS) is 24.3. The molecule has 0 amide bonds. The summed E-state index contributed by atoms with van der Waals surface area (Å²) >= 11 is 0. The highest BCUT2D eigenvalue weighted by Gasteiger charge is 2.31. The average molecular weight is 319 g/mol. The van der Waals surface area contributed by atoms with Gasteiger partial charge in [0.05, 0.1) is 6.10 Å². The molecule has 0 aromatic carbocycles. The van der Waals surface area contributed by atoms with Crippen LogP contribution in [0.15, 0.2) is 0 Å². The van der Waals surface area contributed by atoms with Crippen LogP contribution >= 0.6 is 0 Å². The van der Waals surface area contributed by atoms with E-state index in [2.05, 4.69) is 4.90 Å². The summed E-state index contributed by atoms with van der Waals surface area (Å²) in [6, 6.07) is 0.941. The Labute approximate surface area is 128 Å². The predicted octanol–water partition coefficient (Wildman–Crippen LogP) is 2.20. The van der Waals surface area contributed by atoms with E-state index in [1.165, 1.54) is 38.5 Å². The van der Waals surface area contributed by atoms with Crippen molar-refractivity contribution < 1.29 is 18.1 Å². The average Bonchev–Trinajstić information content (AvgIpc) is 2.45. The molecule has 2 rings (SSSR count). The third-order valence-electron chi connectivity index (χ3n) is 4.91. The molecule has 0 saturated heterocycles. The fraction of sp³-hybridized carbons (Fsp3) is 1.00. The van der Waals surface area contributed by atoms with Crippen molar-refractivity contribution in [2.75, 3.05) is 12.3 Å². The zero-order valence-corrected chi connectivity index (χ0v) is 13.6. The number of rotatable bonds is 6. The molecule has 124 valence electrons. The lowest BCUT2D eigenvalue weighted by Crippen LogP contribution is -2.49. The maximum Gasteiger partial charge on any atom is 0.267 e. The van der Waals surface area contributed by atoms with Gasteiger partial charge in [0.1, 0.15) is 5.75 Å². The van der Waals surface area contributed by atoms with Crippen molar-refractivity contribution in [1.82, 2.24) is 4.90 Å². The van der Waals surface area contributed by atoms with E-state index in [0.717, 1.165) is 25.7 Å². The topological polar surface area (TPSA) is 77.8 Å². The van der Waals surface area contributed by atoms with E-state index in [1.54, 1.807) is 0 Å². The Morgan fingerprint density at radius 3 is 1.71 bits per heavy atom. The molecule has 2 aliphatic carbocycles. The molecule has 2 saturated carbocycles. The second-order valence-corrected chi connectivity index (χ2v) is 8.18. The third-order valence-corrected chi connectivity index (χ3v) is 5.72. The fourth-order valence-corrected chi connectivity index (χ4v) is 4.55. The van der Waals surface area contributed by atoms with Gasteiger partial charge < -0.3 is 5.11 Å². The molecular weight excluding hydrogens is 290 g/mol. The Balaban J connectivity index is 1.99. The largest absolute Gasteiger partial charge is 0.391 e. The van der Waals surface area contributed by atoms with Gasteiger partial charge in [-0.1, -0.05) is 38.5 Å². The van der Waals surface area contributed by atoms with Crippen molar-refractivity contribution in [3.63, 3.8) is 0 Å². The first-order valence-electron chi connectivity index (χ1n) is 8.34. The quantitative estimate of drug-likeness (QED) is 0.734. The van der Waals surface area contributed by atoms with E-state index < -0.39 is 22.0 Å². The van der Waals surface area contributed by atoms with Crippen molar-refractivity contribution in [1.29, 1.82) is 0 Å². The highest BCUT2D eigenvalue weighted by Crippen LogP contribution is 2.30. The monoisotopic (exact) mass is 319 g/mol. The maximum atomic E-state index is 11.0. The van der Waals surface area contributed by atoms with Gasteiger partial charge in [-0.3, -0.25) is 9.45 Å². The first-order chi connectivity index (χ1) is 9.96. The van der Waals surface area contributed by atoms with Gasteiger partial charge in [-0.2, -0.15) is 8.42 Å². The maximum absolute atomic E-state index is 11.0. The van der Waals surface area contributed by atoms with Crippen molar-refractivity contribution in [3.05, 3.63) is 0 Å². The lowest BCUT2D eigenvalue weighted by atomic mass is 9.88. The molecule has 2 aliphatic rings. The first kappa shape index (κ1) is 17.2. The Morgan fingerprint density at radius 2 is 1.33 bits per heavy atom. The summed E-state index contributed by atoms with van der Waals surface area (Å²) in [6.45, 7) is 0.370. The minimum Gasteiger partial charge on any atom is -0.391 e. The second kappa shape index (κ2) is 7.90. The number of nitrogens with zero attached hydrogens (tertiary/aromatic N) is 1. The minimum absolute atomic E-state index is 0.370. The molecule has 2 fully saturated rings. The van der Waals surface area contributed by atoms with Crippen LogP contribution in [0, 0.1) is 0 Å². The molecule has 1 unspecified atom stereocenters. The summed E-state index contributed by atoms with van der Waals surface area (Å²) in [5, 5.41) is 10.0. The molecule has 21 heavy (non-hydrogen) atoms. The molecule has 0 aromatic heterocycles. The molecule has 0 aliphatic heterocycles. The van der Waals surface area contributed by atoms with Crippen LogP contribution in [-0.4, -0.2) is 53.5 Å². The molecule has 2 N–H and O–H groups in total. The minimum atomic E-state index is -4.11. The molecule has 6 heteroatoms. The van der Waals surface area contributed by atoms with E-state index in [-0.39, 0.29) is 0 Å². The zero-order chi connectivity index (χ0) is 15.3. The van der Waals surface area contributed by atoms with Crippen molar-refractivity contribution in [3.8, 4) is 0 Å². The number of aliphatic hydroxyl groups excluding tert-OH is 1. The van der Waals surface area contributed by atoms with Crippen LogP contribution in [-0.2, 0) is 10.1 Å². The number of aliphatic hydroxyl groups is 1. The summed E-state index contributed by atoms with van der Waals surface area (Å²) < 4.78 is 30.8. The van der Waals surface area contributed by atoms with Gasteiger partial charge in [-0.05, 0) is 25.7 Å². The van der Waals surface area contributed by atoms with Gasteiger partial charge in [-0.15, -0.1) is 0 Å². The third kappa shape index (κ3) is 5.85. The Hall–Kier alpha value is -0.170. The summed E-state index contributed by atoms with van der Waals surface area (Å²) in [5.74, 6) is -0.553. The molecule has 0 spiro atoms. The van der Waals surface area contributed by atoms with Gasteiger partial charge in [0.25, 0.3) is 10.1 Å². The summed E-state index contributed by atoms with van der Waals surface area (Å²) in [7, 11) is -4.11. The molecule has 5 nitrogen and oxygen atoms in total. The first-order valence-corrected chi connectivity index (χ1v) is 9.95. The Morgan fingerprint density at radius 1 is 0.905 bits per heavy atom.